The summed E-state index contributed by atoms with van der Waals surface area (Å²) in [5, 5.41) is 0. The standard InChI is InChI=1S/C25H35N5O5S/c1-4-35-25(34)29-13-11-28(12-14-29)23(32)20-6-5-17(2)26-22(20)19-7-9-27(10-8-19)24(33)21-15-36-16-30(21)18(3)31/h5-6,19,21H,4,7-16H2,1-3H3/t21-/m0/s1. The lowest BCUT2D eigenvalue weighted by Crippen LogP contribution is -2.51. The smallest absolute Gasteiger partial charge is 0.409 e. The molecule has 3 fully saturated rings. The fraction of sp³-hybridized carbons (Fsp3) is 0.640. The molecule has 0 N–H and O–H groups in total. The third-order valence-corrected chi connectivity index (χ3v) is 8.16. The van der Waals surface area contributed by atoms with E-state index in [4.69, 9.17) is 9.72 Å². The van der Waals surface area contributed by atoms with Crippen LogP contribution in [0, 0.1) is 6.92 Å². The number of pyridine rings is 1. The quantitative estimate of drug-likeness (QED) is 0.601. The lowest BCUT2D eigenvalue weighted by molar-refractivity contribution is -0.143. The van der Waals surface area contributed by atoms with Gasteiger partial charge in [-0.05, 0) is 38.8 Å². The van der Waals surface area contributed by atoms with Gasteiger partial charge in [-0.15, -0.1) is 11.8 Å². The zero-order valence-corrected chi connectivity index (χ0v) is 22.1. The Balaban J connectivity index is 1.40. The van der Waals surface area contributed by atoms with Gasteiger partial charge in [0.25, 0.3) is 5.91 Å². The minimum atomic E-state index is -0.383. The third-order valence-electron chi connectivity index (χ3n) is 7.15. The number of piperidine rings is 1. The van der Waals surface area contributed by atoms with Crippen LogP contribution in [0.1, 0.15) is 54.4 Å². The second kappa shape index (κ2) is 11.5. The molecule has 3 aliphatic heterocycles. The largest absolute Gasteiger partial charge is 0.450 e. The van der Waals surface area contributed by atoms with Crippen LogP contribution in [0.4, 0.5) is 4.79 Å². The number of amides is 4. The van der Waals surface area contributed by atoms with Crippen molar-refractivity contribution in [1.29, 1.82) is 0 Å². The number of ether oxygens (including phenoxy) is 1. The average Bonchev–Trinajstić information content (AvgIpc) is 3.39. The summed E-state index contributed by atoms with van der Waals surface area (Å²) >= 11 is 1.61. The molecule has 0 unspecified atom stereocenters. The van der Waals surface area contributed by atoms with E-state index in [1.807, 2.05) is 24.0 Å². The van der Waals surface area contributed by atoms with Crippen LogP contribution in [0.2, 0.25) is 0 Å². The van der Waals surface area contributed by atoms with Crippen LogP contribution in [0.25, 0.3) is 0 Å². The summed E-state index contributed by atoms with van der Waals surface area (Å²) < 4.78 is 5.07. The van der Waals surface area contributed by atoms with Gasteiger partial charge in [-0.1, -0.05) is 0 Å². The number of hydrogen-bond acceptors (Lipinski definition) is 7. The molecule has 4 amide bonds. The Morgan fingerprint density at radius 2 is 1.67 bits per heavy atom. The highest BCUT2D eigenvalue weighted by molar-refractivity contribution is 7.99. The first kappa shape index (κ1) is 26.2. The van der Waals surface area contributed by atoms with Gasteiger partial charge < -0.3 is 24.3 Å². The van der Waals surface area contributed by atoms with Crippen LogP contribution in [0.15, 0.2) is 12.1 Å². The molecule has 36 heavy (non-hydrogen) atoms. The van der Waals surface area contributed by atoms with E-state index in [1.165, 1.54) is 6.92 Å². The van der Waals surface area contributed by atoms with Crippen molar-refractivity contribution in [3.8, 4) is 0 Å². The van der Waals surface area contributed by atoms with E-state index >= 15 is 0 Å². The molecule has 1 aromatic rings. The van der Waals surface area contributed by atoms with Gasteiger partial charge in [-0.3, -0.25) is 19.4 Å². The number of carbonyl (C=O) groups excluding carboxylic acids is 4. The number of aromatic nitrogens is 1. The molecular formula is C25H35N5O5S. The Bertz CT molecular complexity index is 1000. The molecule has 4 heterocycles. The normalized spacial score (nSPS) is 21.0. The Morgan fingerprint density at radius 3 is 2.31 bits per heavy atom. The molecule has 0 aliphatic carbocycles. The molecule has 10 nitrogen and oxygen atoms in total. The van der Waals surface area contributed by atoms with Crippen LogP contribution in [0.5, 0.6) is 0 Å². The lowest BCUT2D eigenvalue weighted by Gasteiger charge is -2.36. The van der Waals surface area contributed by atoms with Crippen molar-refractivity contribution < 1.29 is 23.9 Å². The van der Waals surface area contributed by atoms with Gasteiger partial charge in [0.1, 0.15) is 6.04 Å². The fourth-order valence-corrected chi connectivity index (χ4v) is 6.30. The maximum absolute atomic E-state index is 13.5. The van der Waals surface area contributed by atoms with Crippen molar-refractivity contribution >= 4 is 35.6 Å². The van der Waals surface area contributed by atoms with E-state index in [0.29, 0.717) is 63.1 Å². The number of carbonyl (C=O) groups is 4. The number of thioether (sulfide) groups is 1. The van der Waals surface area contributed by atoms with Crippen molar-refractivity contribution in [3.63, 3.8) is 0 Å². The van der Waals surface area contributed by atoms with Gasteiger partial charge in [0.15, 0.2) is 0 Å². The first-order valence-corrected chi connectivity index (χ1v) is 13.8. The predicted molar refractivity (Wildman–Crippen MR) is 136 cm³/mol. The van der Waals surface area contributed by atoms with E-state index in [2.05, 4.69) is 0 Å². The molecule has 3 saturated heterocycles. The maximum atomic E-state index is 13.5. The minimum absolute atomic E-state index is 0.0154. The van der Waals surface area contributed by atoms with Crippen molar-refractivity contribution in [2.24, 2.45) is 0 Å². The zero-order valence-electron chi connectivity index (χ0n) is 21.3. The summed E-state index contributed by atoms with van der Waals surface area (Å²) in [5.74, 6) is 1.16. The highest BCUT2D eigenvalue weighted by Gasteiger charge is 2.38. The second-order valence-electron chi connectivity index (χ2n) is 9.47. The monoisotopic (exact) mass is 517 g/mol. The summed E-state index contributed by atoms with van der Waals surface area (Å²) in [6, 6.07) is 3.33. The summed E-state index contributed by atoms with van der Waals surface area (Å²) in [6.07, 6.45) is 1.10. The molecule has 4 rings (SSSR count). The highest BCUT2D eigenvalue weighted by Crippen LogP contribution is 2.32. The molecule has 0 bridgehead atoms. The lowest BCUT2D eigenvalue weighted by atomic mass is 9.89. The Morgan fingerprint density at radius 1 is 1.00 bits per heavy atom. The van der Waals surface area contributed by atoms with E-state index in [0.717, 1.165) is 24.2 Å². The van der Waals surface area contributed by atoms with Gasteiger partial charge in [0, 0.05) is 63.6 Å². The van der Waals surface area contributed by atoms with E-state index in [1.54, 1.807) is 33.4 Å². The first-order valence-electron chi connectivity index (χ1n) is 12.6. The minimum Gasteiger partial charge on any atom is -0.450 e. The summed E-state index contributed by atoms with van der Waals surface area (Å²) in [6.45, 7) is 8.48. The van der Waals surface area contributed by atoms with E-state index < -0.39 is 0 Å². The van der Waals surface area contributed by atoms with Crippen molar-refractivity contribution in [3.05, 3.63) is 29.1 Å². The van der Waals surface area contributed by atoms with Gasteiger partial charge in [-0.25, -0.2) is 4.79 Å². The molecule has 0 radical (unpaired) electrons. The van der Waals surface area contributed by atoms with Crippen LogP contribution in [0.3, 0.4) is 0 Å². The number of rotatable bonds is 4. The third kappa shape index (κ3) is 5.61. The average molecular weight is 518 g/mol. The number of piperazine rings is 1. The van der Waals surface area contributed by atoms with E-state index in [-0.39, 0.29) is 35.8 Å². The van der Waals surface area contributed by atoms with Gasteiger partial charge in [0.05, 0.1) is 23.7 Å². The SMILES string of the molecule is CCOC(=O)N1CCN(C(=O)c2ccc(C)nc2C2CCN(C(=O)[C@@H]3CSCN3C(C)=O)CC2)CC1. The number of aryl methyl sites for hydroxylation is 1. The summed E-state index contributed by atoms with van der Waals surface area (Å²) in [5.41, 5.74) is 2.25. The van der Waals surface area contributed by atoms with Gasteiger partial charge in [-0.2, -0.15) is 0 Å². The van der Waals surface area contributed by atoms with Crippen LogP contribution in [-0.2, 0) is 14.3 Å². The van der Waals surface area contributed by atoms with Crippen LogP contribution >= 0.6 is 11.8 Å². The first-order chi connectivity index (χ1) is 17.3. The van der Waals surface area contributed by atoms with E-state index in [9.17, 15) is 19.2 Å². The molecule has 3 aliphatic rings. The number of likely N-dealkylation sites (tertiary alicyclic amines) is 1. The topological polar surface area (TPSA) is 103 Å². The molecule has 0 aromatic carbocycles. The van der Waals surface area contributed by atoms with Crippen molar-refractivity contribution in [1.82, 2.24) is 24.6 Å². The van der Waals surface area contributed by atoms with Gasteiger partial charge >= 0.3 is 6.09 Å². The highest BCUT2D eigenvalue weighted by atomic mass is 32.2. The predicted octanol–water partition coefficient (Wildman–Crippen LogP) is 1.93. The molecular weight excluding hydrogens is 482 g/mol. The Labute approximate surface area is 216 Å². The second-order valence-corrected chi connectivity index (χ2v) is 10.5. The molecule has 0 spiro atoms. The van der Waals surface area contributed by atoms with Crippen molar-refractivity contribution in [2.75, 3.05) is 57.5 Å². The molecule has 0 saturated carbocycles. The van der Waals surface area contributed by atoms with Crippen molar-refractivity contribution in [2.45, 2.75) is 45.6 Å². The van der Waals surface area contributed by atoms with Crippen LogP contribution < -0.4 is 0 Å². The molecule has 1 aromatic heterocycles. The fourth-order valence-electron chi connectivity index (χ4n) is 5.09. The molecule has 196 valence electrons. The Hall–Kier alpha value is -2.82. The summed E-state index contributed by atoms with van der Waals surface area (Å²) in [4.78, 5) is 62.2. The molecule has 1 atom stereocenters. The molecule has 11 heteroatoms. The number of hydrogen-bond donors (Lipinski definition) is 0. The Kier molecular flexibility index (Phi) is 8.38. The van der Waals surface area contributed by atoms with Crippen LogP contribution in [-0.4, -0.2) is 112 Å². The summed E-state index contributed by atoms with van der Waals surface area (Å²) in [7, 11) is 0. The van der Waals surface area contributed by atoms with Gasteiger partial charge in [0.2, 0.25) is 11.8 Å². The maximum Gasteiger partial charge on any atom is 0.409 e. The number of nitrogens with zero attached hydrogens (tertiary/aromatic N) is 5. The zero-order chi connectivity index (χ0) is 25.8.